The number of esters is 1. The number of carbonyl (C=O) groups is 1. The maximum Gasteiger partial charge on any atom is 0.356 e. The van der Waals surface area contributed by atoms with E-state index in [0.29, 0.717) is 28.0 Å². The Bertz CT molecular complexity index is 1190. The van der Waals surface area contributed by atoms with Crippen LogP contribution < -0.4 is 10.4 Å². The number of aromatic amines is 1. The fourth-order valence-electron chi connectivity index (χ4n) is 2.86. The summed E-state index contributed by atoms with van der Waals surface area (Å²) in [5, 5.41) is 7.49. The lowest BCUT2D eigenvalue weighted by molar-refractivity contribution is 0.0467. The molecule has 7 heteroatoms. The molecule has 4 rings (SSSR count). The third kappa shape index (κ3) is 3.50. The molecular formula is C21H16N2O5. The largest absolute Gasteiger partial charge is 0.497 e. The molecule has 0 bridgehead atoms. The smallest absolute Gasteiger partial charge is 0.356 e. The van der Waals surface area contributed by atoms with E-state index in [0.717, 1.165) is 5.56 Å². The minimum Gasteiger partial charge on any atom is -0.497 e. The van der Waals surface area contributed by atoms with Crippen molar-refractivity contribution in [1.29, 1.82) is 0 Å². The van der Waals surface area contributed by atoms with E-state index in [1.807, 2.05) is 30.3 Å². The van der Waals surface area contributed by atoms with Gasteiger partial charge in [0.15, 0.2) is 0 Å². The maximum absolute atomic E-state index is 12.4. The minimum absolute atomic E-state index is 0.0764. The Morgan fingerprint density at radius 2 is 1.93 bits per heavy atom. The zero-order valence-corrected chi connectivity index (χ0v) is 15.0. The number of H-pyrrole nitrogens is 1. The lowest BCUT2D eigenvalue weighted by atomic mass is 10.1. The highest BCUT2D eigenvalue weighted by Gasteiger charge is 2.14. The van der Waals surface area contributed by atoms with E-state index in [4.69, 9.17) is 13.9 Å². The number of rotatable bonds is 5. The van der Waals surface area contributed by atoms with Gasteiger partial charge in [0.05, 0.1) is 12.8 Å². The number of ether oxygens (including phenoxy) is 2. The van der Waals surface area contributed by atoms with Crippen LogP contribution in [0.5, 0.6) is 5.75 Å². The number of carbonyl (C=O) groups excluding carboxylic acids is 1. The number of aromatic nitrogens is 2. The Kier molecular flexibility index (Phi) is 4.63. The van der Waals surface area contributed by atoms with Crippen molar-refractivity contribution in [2.75, 3.05) is 7.11 Å². The summed E-state index contributed by atoms with van der Waals surface area (Å²) in [5.74, 6) is 0.000259. The first kappa shape index (κ1) is 17.5. The molecule has 0 aliphatic heterocycles. The van der Waals surface area contributed by atoms with Crippen molar-refractivity contribution < 1.29 is 18.7 Å². The molecule has 0 aliphatic carbocycles. The molecule has 0 unspecified atom stereocenters. The molecule has 0 saturated carbocycles. The van der Waals surface area contributed by atoms with Crippen LogP contribution in [0.25, 0.3) is 22.2 Å². The van der Waals surface area contributed by atoms with Crippen LogP contribution in [0.1, 0.15) is 16.1 Å². The summed E-state index contributed by atoms with van der Waals surface area (Å²) in [6.45, 7) is -0.0764. The first-order valence-electron chi connectivity index (χ1n) is 8.53. The van der Waals surface area contributed by atoms with Gasteiger partial charge < -0.3 is 13.9 Å². The molecule has 0 atom stereocenters. The van der Waals surface area contributed by atoms with E-state index in [-0.39, 0.29) is 12.3 Å². The summed E-state index contributed by atoms with van der Waals surface area (Å²) in [5.41, 5.74) is 2.15. The Morgan fingerprint density at radius 3 is 2.71 bits per heavy atom. The van der Waals surface area contributed by atoms with Crippen LogP contribution in [0.2, 0.25) is 0 Å². The molecule has 0 aliphatic rings. The first-order chi connectivity index (χ1) is 13.6. The SMILES string of the molecule is COc1ccc2c(COC(=O)c3cc(-c4ccccc4)n[nH]3)cc(=O)oc2c1. The molecule has 0 fully saturated rings. The zero-order valence-electron chi connectivity index (χ0n) is 15.0. The highest BCUT2D eigenvalue weighted by Crippen LogP contribution is 2.23. The van der Waals surface area contributed by atoms with Crippen molar-refractivity contribution in [3.05, 3.63) is 82.3 Å². The highest BCUT2D eigenvalue weighted by atomic mass is 16.5. The predicted octanol–water partition coefficient (Wildman–Crippen LogP) is 3.55. The molecule has 28 heavy (non-hydrogen) atoms. The lowest BCUT2D eigenvalue weighted by Gasteiger charge is -2.07. The summed E-state index contributed by atoms with van der Waals surface area (Å²) >= 11 is 0. The fourth-order valence-corrected chi connectivity index (χ4v) is 2.86. The fraction of sp³-hybridized carbons (Fsp3) is 0.0952. The Labute approximate surface area is 159 Å². The van der Waals surface area contributed by atoms with Gasteiger partial charge in [-0.15, -0.1) is 0 Å². The van der Waals surface area contributed by atoms with E-state index in [1.165, 1.54) is 13.2 Å². The second-order valence-corrected chi connectivity index (χ2v) is 6.06. The topological polar surface area (TPSA) is 94.4 Å². The average Bonchev–Trinajstić information content (AvgIpc) is 3.22. The maximum atomic E-state index is 12.4. The normalized spacial score (nSPS) is 10.8. The summed E-state index contributed by atoms with van der Waals surface area (Å²) in [4.78, 5) is 24.2. The third-order valence-electron chi connectivity index (χ3n) is 4.26. The Morgan fingerprint density at radius 1 is 1.11 bits per heavy atom. The molecule has 4 aromatic rings. The van der Waals surface area contributed by atoms with Gasteiger partial charge >= 0.3 is 11.6 Å². The molecule has 1 N–H and O–H groups in total. The predicted molar refractivity (Wildman–Crippen MR) is 102 cm³/mol. The van der Waals surface area contributed by atoms with Crippen molar-refractivity contribution in [2.45, 2.75) is 6.61 Å². The van der Waals surface area contributed by atoms with Crippen LogP contribution in [-0.4, -0.2) is 23.3 Å². The van der Waals surface area contributed by atoms with E-state index in [2.05, 4.69) is 10.2 Å². The molecule has 140 valence electrons. The lowest BCUT2D eigenvalue weighted by Crippen LogP contribution is -2.08. The Balaban J connectivity index is 1.54. The van der Waals surface area contributed by atoms with E-state index in [1.54, 1.807) is 24.3 Å². The summed E-state index contributed by atoms with van der Waals surface area (Å²) in [6.07, 6.45) is 0. The van der Waals surface area contributed by atoms with Crippen molar-refractivity contribution in [1.82, 2.24) is 10.2 Å². The summed E-state index contributed by atoms with van der Waals surface area (Å²) < 4.78 is 15.7. The number of benzene rings is 2. The van der Waals surface area contributed by atoms with Crippen molar-refractivity contribution in [3.8, 4) is 17.0 Å². The van der Waals surface area contributed by atoms with Gasteiger partial charge in [-0.05, 0) is 18.2 Å². The molecule has 2 aromatic heterocycles. The van der Waals surface area contributed by atoms with Gasteiger partial charge in [-0.3, -0.25) is 5.10 Å². The van der Waals surface area contributed by atoms with Crippen LogP contribution in [0.4, 0.5) is 0 Å². The quantitative estimate of drug-likeness (QED) is 0.423. The van der Waals surface area contributed by atoms with E-state index < -0.39 is 11.6 Å². The third-order valence-corrected chi connectivity index (χ3v) is 4.26. The van der Waals surface area contributed by atoms with Gasteiger partial charge in [-0.1, -0.05) is 30.3 Å². The van der Waals surface area contributed by atoms with E-state index in [9.17, 15) is 9.59 Å². The van der Waals surface area contributed by atoms with E-state index >= 15 is 0 Å². The zero-order chi connectivity index (χ0) is 19.5. The van der Waals surface area contributed by atoms with Gasteiger partial charge in [0, 0.05) is 28.6 Å². The van der Waals surface area contributed by atoms with Crippen molar-refractivity contribution in [2.24, 2.45) is 0 Å². The summed E-state index contributed by atoms with van der Waals surface area (Å²) in [7, 11) is 1.53. The van der Waals surface area contributed by atoms with Crippen LogP contribution in [0, 0.1) is 0 Å². The number of methoxy groups -OCH3 is 1. The number of hydrogen-bond donors (Lipinski definition) is 1. The standard InChI is InChI=1S/C21H16N2O5/c1-26-15-7-8-16-14(9-20(24)28-19(16)10-15)12-27-21(25)18-11-17(22-23-18)13-5-3-2-4-6-13/h2-11H,12H2,1H3,(H,22,23). The number of nitrogens with zero attached hydrogens (tertiary/aromatic N) is 1. The molecular weight excluding hydrogens is 360 g/mol. The first-order valence-corrected chi connectivity index (χ1v) is 8.53. The highest BCUT2D eigenvalue weighted by molar-refractivity contribution is 5.89. The molecule has 0 radical (unpaired) electrons. The van der Waals surface area contributed by atoms with Crippen molar-refractivity contribution in [3.63, 3.8) is 0 Å². The van der Waals surface area contributed by atoms with Crippen LogP contribution in [-0.2, 0) is 11.3 Å². The van der Waals surface area contributed by atoms with Gasteiger partial charge in [0.2, 0.25) is 0 Å². The molecule has 0 saturated heterocycles. The van der Waals surface area contributed by atoms with Crippen LogP contribution in [0.15, 0.2) is 69.9 Å². The van der Waals surface area contributed by atoms with Crippen molar-refractivity contribution >= 4 is 16.9 Å². The number of nitrogens with one attached hydrogen (secondary N) is 1. The summed E-state index contributed by atoms with van der Waals surface area (Å²) in [6, 6.07) is 17.5. The van der Waals surface area contributed by atoms with Gasteiger partial charge in [0.1, 0.15) is 23.6 Å². The van der Waals surface area contributed by atoms with Crippen LogP contribution >= 0.6 is 0 Å². The second kappa shape index (κ2) is 7.40. The van der Waals surface area contributed by atoms with Gasteiger partial charge in [-0.2, -0.15) is 5.10 Å². The number of hydrogen-bond acceptors (Lipinski definition) is 6. The number of fused-ring (bicyclic) bond motifs is 1. The molecule has 0 amide bonds. The van der Waals surface area contributed by atoms with Crippen LogP contribution in [0.3, 0.4) is 0 Å². The second-order valence-electron chi connectivity index (χ2n) is 6.06. The molecule has 0 spiro atoms. The average molecular weight is 376 g/mol. The molecule has 7 nitrogen and oxygen atoms in total. The van der Waals surface area contributed by atoms with Gasteiger partial charge in [0.25, 0.3) is 0 Å². The molecule has 2 aromatic carbocycles. The monoisotopic (exact) mass is 376 g/mol. The van der Waals surface area contributed by atoms with Gasteiger partial charge in [-0.25, -0.2) is 9.59 Å². The Hall–Kier alpha value is -3.87. The minimum atomic E-state index is -0.565. The molecule has 2 heterocycles.